The zero-order chi connectivity index (χ0) is 29.5. The number of rotatable bonds is 11. The zero-order valence-corrected chi connectivity index (χ0v) is 24.0. The number of anilines is 2. The number of hydrogen-bond acceptors (Lipinski definition) is 8. The highest BCUT2D eigenvalue weighted by molar-refractivity contribution is 8.16. The molecular formula is C30H33N5O5S. The number of nitrogens with two attached hydrogens (primary N) is 1. The van der Waals surface area contributed by atoms with Crippen LogP contribution in [0.15, 0.2) is 70.9 Å². The van der Waals surface area contributed by atoms with E-state index in [2.05, 4.69) is 22.5 Å². The second-order valence-electron chi connectivity index (χ2n) is 9.64. The van der Waals surface area contributed by atoms with Crippen LogP contribution in [0.25, 0.3) is 10.8 Å². The van der Waals surface area contributed by atoms with Gasteiger partial charge in [0.25, 0.3) is 5.91 Å². The standard InChI is InChI=1S/C30H33N5O5S/c1-4-5-6-9-15-32-30-25(28(36)33-21-14-10-12-19-11-7-8-13-20(19)21)26(31)27(41-30)29(37)34-22-17-24(40-3)23(35(38)39)16-18(22)2/h7-8,10-14,16-17,27H,4-6,9,15,31H2,1-3H3,(H,33,36)(H,34,37)/t27-/m1/s1. The fraction of sp³-hybridized carbons (Fsp3) is 0.300. The minimum atomic E-state index is -0.918. The largest absolute Gasteiger partial charge is 0.490 e. The molecule has 1 aliphatic heterocycles. The van der Waals surface area contributed by atoms with Crippen LogP contribution in [-0.2, 0) is 9.59 Å². The molecule has 214 valence electrons. The van der Waals surface area contributed by atoms with Gasteiger partial charge in [0.2, 0.25) is 5.91 Å². The van der Waals surface area contributed by atoms with E-state index in [9.17, 15) is 19.7 Å². The van der Waals surface area contributed by atoms with E-state index in [0.29, 0.717) is 28.5 Å². The van der Waals surface area contributed by atoms with Gasteiger partial charge in [-0.05, 0) is 30.4 Å². The number of aliphatic imine (C=N–C) groups is 1. The molecule has 11 heteroatoms. The summed E-state index contributed by atoms with van der Waals surface area (Å²) in [6.45, 7) is 4.28. The number of ether oxygens (including phenoxy) is 1. The van der Waals surface area contributed by atoms with Crippen molar-refractivity contribution in [2.45, 2.75) is 44.8 Å². The van der Waals surface area contributed by atoms with Crippen LogP contribution in [0.5, 0.6) is 5.75 Å². The minimum Gasteiger partial charge on any atom is -0.490 e. The maximum atomic E-state index is 13.6. The van der Waals surface area contributed by atoms with Crippen LogP contribution in [0.1, 0.15) is 38.2 Å². The smallest absolute Gasteiger partial charge is 0.311 e. The van der Waals surface area contributed by atoms with E-state index in [1.54, 1.807) is 6.92 Å². The summed E-state index contributed by atoms with van der Waals surface area (Å²) < 4.78 is 5.15. The molecule has 3 aromatic rings. The number of nitro groups is 1. The van der Waals surface area contributed by atoms with Crippen molar-refractivity contribution in [2.24, 2.45) is 10.7 Å². The quantitative estimate of drug-likeness (QED) is 0.145. The van der Waals surface area contributed by atoms with Crippen LogP contribution in [-0.4, -0.2) is 40.7 Å². The predicted molar refractivity (Wildman–Crippen MR) is 165 cm³/mol. The number of thioether (sulfide) groups is 1. The molecule has 41 heavy (non-hydrogen) atoms. The van der Waals surface area contributed by atoms with E-state index in [1.165, 1.54) is 19.2 Å². The molecule has 1 atom stereocenters. The van der Waals surface area contributed by atoms with Gasteiger partial charge < -0.3 is 21.1 Å². The Hall–Kier alpha value is -4.38. The number of fused-ring (bicyclic) bond motifs is 1. The van der Waals surface area contributed by atoms with Gasteiger partial charge in [0.05, 0.1) is 17.6 Å². The van der Waals surface area contributed by atoms with Gasteiger partial charge in [0.1, 0.15) is 10.3 Å². The average Bonchev–Trinajstić information content (AvgIpc) is 3.29. The molecular weight excluding hydrogens is 542 g/mol. The lowest BCUT2D eigenvalue weighted by Crippen LogP contribution is -2.29. The summed E-state index contributed by atoms with van der Waals surface area (Å²) in [5.74, 6) is -0.900. The highest BCUT2D eigenvalue weighted by Gasteiger charge is 2.38. The van der Waals surface area contributed by atoms with Crippen molar-refractivity contribution in [3.63, 3.8) is 0 Å². The molecule has 0 aliphatic carbocycles. The first kappa shape index (κ1) is 29.6. The van der Waals surface area contributed by atoms with Crippen molar-refractivity contribution in [1.29, 1.82) is 0 Å². The lowest BCUT2D eigenvalue weighted by atomic mass is 10.1. The van der Waals surface area contributed by atoms with Crippen LogP contribution in [0.3, 0.4) is 0 Å². The second kappa shape index (κ2) is 13.3. The molecule has 4 N–H and O–H groups in total. The minimum absolute atomic E-state index is 0.0166. The number of unbranched alkanes of at least 4 members (excludes halogenated alkanes) is 3. The summed E-state index contributed by atoms with van der Waals surface area (Å²) in [5.41, 5.74) is 8.01. The predicted octanol–water partition coefficient (Wildman–Crippen LogP) is 5.95. The number of carbonyl (C=O) groups excluding carboxylic acids is 2. The number of hydrogen-bond donors (Lipinski definition) is 3. The first-order chi connectivity index (χ1) is 19.7. The van der Waals surface area contributed by atoms with Crippen molar-refractivity contribution < 1.29 is 19.2 Å². The number of nitrogens with zero attached hydrogens (tertiary/aromatic N) is 2. The molecule has 2 amide bonds. The first-order valence-corrected chi connectivity index (χ1v) is 14.3. The highest BCUT2D eigenvalue weighted by Crippen LogP contribution is 2.37. The van der Waals surface area contributed by atoms with Crippen molar-refractivity contribution in [3.8, 4) is 5.75 Å². The average molecular weight is 576 g/mol. The van der Waals surface area contributed by atoms with Crippen molar-refractivity contribution in [1.82, 2.24) is 0 Å². The summed E-state index contributed by atoms with van der Waals surface area (Å²) in [4.78, 5) is 42.6. The molecule has 3 aromatic carbocycles. The van der Waals surface area contributed by atoms with Crippen LogP contribution < -0.4 is 21.1 Å². The van der Waals surface area contributed by atoms with E-state index in [-0.39, 0.29) is 22.7 Å². The molecule has 0 spiro atoms. The number of aryl methyl sites for hydroxylation is 1. The lowest BCUT2D eigenvalue weighted by Gasteiger charge is -2.14. The maximum absolute atomic E-state index is 13.6. The van der Waals surface area contributed by atoms with Crippen LogP contribution in [0.2, 0.25) is 0 Å². The monoisotopic (exact) mass is 575 g/mol. The van der Waals surface area contributed by atoms with E-state index < -0.39 is 22.0 Å². The third kappa shape index (κ3) is 6.68. The van der Waals surface area contributed by atoms with E-state index in [4.69, 9.17) is 10.5 Å². The summed E-state index contributed by atoms with van der Waals surface area (Å²) in [6, 6.07) is 16.1. The van der Waals surface area contributed by atoms with Gasteiger partial charge in [-0.25, -0.2) is 0 Å². The van der Waals surface area contributed by atoms with Gasteiger partial charge in [-0.2, -0.15) is 0 Å². The zero-order valence-electron chi connectivity index (χ0n) is 23.2. The molecule has 1 heterocycles. The molecule has 0 saturated heterocycles. The molecule has 0 unspecified atom stereocenters. The Labute approximate surface area is 242 Å². The van der Waals surface area contributed by atoms with Gasteiger partial charge in [0, 0.05) is 41.1 Å². The van der Waals surface area contributed by atoms with Crippen molar-refractivity contribution >= 4 is 56.5 Å². The fourth-order valence-electron chi connectivity index (χ4n) is 4.58. The normalized spacial score (nSPS) is 15.8. The Bertz CT molecular complexity index is 1550. The van der Waals surface area contributed by atoms with Crippen LogP contribution in [0.4, 0.5) is 17.1 Å². The summed E-state index contributed by atoms with van der Waals surface area (Å²) in [7, 11) is 1.32. The summed E-state index contributed by atoms with van der Waals surface area (Å²) in [6.07, 6.45) is 4.05. The van der Waals surface area contributed by atoms with Gasteiger partial charge >= 0.3 is 5.69 Å². The van der Waals surface area contributed by atoms with Crippen LogP contribution >= 0.6 is 11.8 Å². The van der Waals surface area contributed by atoms with Gasteiger partial charge in [-0.15, -0.1) is 0 Å². The molecule has 4 rings (SSSR count). The number of nitro benzene ring substituents is 1. The topological polar surface area (TPSA) is 149 Å². The Morgan fingerprint density at radius 1 is 1.07 bits per heavy atom. The van der Waals surface area contributed by atoms with Crippen molar-refractivity contribution in [2.75, 3.05) is 24.3 Å². The SMILES string of the molecule is CCCCCCN=C1S[C@@H](C(=O)Nc2cc(OC)c([N+](=O)[O-])cc2C)C(N)=C1C(=O)Nc1cccc2ccccc12. The molecule has 1 aliphatic rings. The van der Waals surface area contributed by atoms with E-state index >= 15 is 0 Å². The third-order valence-electron chi connectivity index (χ3n) is 6.77. The number of benzene rings is 3. The lowest BCUT2D eigenvalue weighted by molar-refractivity contribution is -0.385. The summed E-state index contributed by atoms with van der Waals surface area (Å²) >= 11 is 1.12. The summed E-state index contributed by atoms with van der Waals surface area (Å²) in [5, 5.41) is 18.5. The third-order valence-corrected chi connectivity index (χ3v) is 8.03. The Morgan fingerprint density at radius 3 is 2.56 bits per heavy atom. The first-order valence-electron chi connectivity index (χ1n) is 13.4. The van der Waals surface area contributed by atoms with Gasteiger partial charge in [-0.1, -0.05) is 74.3 Å². The Kier molecular flexibility index (Phi) is 9.61. The van der Waals surface area contributed by atoms with E-state index in [0.717, 1.165) is 48.2 Å². The molecule has 0 aromatic heterocycles. The molecule has 0 fully saturated rings. The number of carbonyl (C=O) groups is 2. The van der Waals surface area contributed by atoms with E-state index in [1.807, 2.05) is 42.5 Å². The van der Waals surface area contributed by atoms with Crippen LogP contribution in [0, 0.1) is 17.0 Å². The number of amides is 2. The molecule has 0 radical (unpaired) electrons. The molecule has 10 nitrogen and oxygen atoms in total. The van der Waals surface area contributed by atoms with Gasteiger partial charge in [-0.3, -0.25) is 24.7 Å². The Balaban J connectivity index is 1.63. The fourth-order valence-corrected chi connectivity index (χ4v) is 5.71. The van der Waals surface area contributed by atoms with Crippen molar-refractivity contribution in [3.05, 3.63) is 81.5 Å². The molecule has 0 saturated carbocycles. The highest BCUT2D eigenvalue weighted by atomic mass is 32.2. The number of methoxy groups -OCH3 is 1. The maximum Gasteiger partial charge on any atom is 0.311 e. The second-order valence-corrected chi connectivity index (χ2v) is 10.7. The number of nitrogens with one attached hydrogen (secondary N) is 2. The molecule has 0 bridgehead atoms. The van der Waals surface area contributed by atoms with Gasteiger partial charge in [0.15, 0.2) is 5.75 Å². The Morgan fingerprint density at radius 2 is 1.83 bits per heavy atom.